The third-order valence-electron chi connectivity index (χ3n) is 4.69. The van der Waals surface area contributed by atoms with Crippen LogP contribution in [-0.4, -0.2) is 6.04 Å². The number of nitrogens with one attached hydrogen (secondary N) is 1. The molecular formula is C19H24N2. The summed E-state index contributed by atoms with van der Waals surface area (Å²) in [6.07, 6.45) is 4.66. The van der Waals surface area contributed by atoms with E-state index in [0.29, 0.717) is 12.0 Å². The number of hydrogen-bond donors (Lipinski definition) is 2. The van der Waals surface area contributed by atoms with Crippen molar-refractivity contribution in [3.63, 3.8) is 0 Å². The molecule has 0 aliphatic heterocycles. The van der Waals surface area contributed by atoms with Crippen molar-refractivity contribution in [3.05, 3.63) is 70.8 Å². The Hall–Kier alpha value is -1.64. The monoisotopic (exact) mass is 280 g/mol. The van der Waals surface area contributed by atoms with Crippen molar-refractivity contribution in [1.82, 2.24) is 5.43 Å². The maximum atomic E-state index is 5.89. The molecule has 3 N–H and O–H groups in total. The molecule has 3 rings (SSSR count). The van der Waals surface area contributed by atoms with E-state index < -0.39 is 0 Å². The van der Waals surface area contributed by atoms with Gasteiger partial charge in [0, 0.05) is 12.0 Å². The number of hydrazine groups is 1. The van der Waals surface area contributed by atoms with Gasteiger partial charge >= 0.3 is 0 Å². The molecule has 0 saturated carbocycles. The Morgan fingerprint density at radius 3 is 2.67 bits per heavy atom. The minimum absolute atomic E-state index is 0.300. The Labute approximate surface area is 127 Å². The van der Waals surface area contributed by atoms with E-state index in [2.05, 4.69) is 60.9 Å². The van der Waals surface area contributed by atoms with E-state index in [1.807, 2.05) is 0 Å². The maximum Gasteiger partial charge on any atom is 0.0319 e. The van der Waals surface area contributed by atoms with Crippen LogP contribution < -0.4 is 11.3 Å². The quantitative estimate of drug-likeness (QED) is 0.664. The van der Waals surface area contributed by atoms with E-state index in [9.17, 15) is 0 Å². The molecule has 110 valence electrons. The first-order valence-electron chi connectivity index (χ1n) is 7.87. The largest absolute Gasteiger partial charge is 0.271 e. The van der Waals surface area contributed by atoms with Crippen LogP contribution in [0, 0.1) is 6.92 Å². The summed E-state index contributed by atoms with van der Waals surface area (Å²) in [5.41, 5.74) is 8.72. The van der Waals surface area contributed by atoms with Gasteiger partial charge in [-0.2, -0.15) is 0 Å². The summed E-state index contributed by atoms with van der Waals surface area (Å²) in [4.78, 5) is 0. The minimum Gasteiger partial charge on any atom is -0.271 e. The zero-order valence-corrected chi connectivity index (χ0v) is 12.7. The third-order valence-corrected chi connectivity index (χ3v) is 4.69. The lowest BCUT2D eigenvalue weighted by Gasteiger charge is -2.32. The van der Waals surface area contributed by atoms with E-state index in [1.165, 1.54) is 41.5 Å². The van der Waals surface area contributed by atoms with Gasteiger partial charge in [0.05, 0.1) is 0 Å². The SMILES string of the molecule is Cc1ccc(CC(NN)C2CCCc3ccccc32)cc1. The van der Waals surface area contributed by atoms with Crippen LogP contribution in [0.2, 0.25) is 0 Å². The summed E-state index contributed by atoms with van der Waals surface area (Å²) in [7, 11) is 0. The highest BCUT2D eigenvalue weighted by molar-refractivity contribution is 5.34. The highest BCUT2D eigenvalue weighted by Crippen LogP contribution is 2.34. The van der Waals surface area contributed by atoms with E-state index >= 15 is 0 Å². The fourth-order valence-electron chi connectivity index (χ4n) is 3.50. The molecule has 0 aromatic heterocycles. The van der Waals surface area contributed by atoms with Gasteiger partial charge in [-0.1, -0.05) is 54.1 Å². The van der Waals surface area contributed by atoms with Gasteiger partial charge in [0.15, 0.2) is 0 Å². The normalized spacial score (nSPS) is 19.0. The average molecular weight is 280 g/mol. The van der Waals surface area contributed by atoms with Crippen molar-refractivity contribution in [3.8, 4) is 0 Å². The number of fused-ring (bicyclic) bond motifs is 1. The second kappa shape index (κ2) is 6.42. The van der Waals surface area contributed by atoms with Gasteiger partial charge in [-0.3, -0.25) is 11.3 Å². The molecule has 0 amide bonds. The van der Waals surface area contributed by atoms with Crippen molar-refractivity contribution in [2.24, 2.45) is 5.84 Å². The number of rotatable bonds is 4. The van der Waals surface area contributed by atoms with Crippen LogP contribution in [0.25, 0.3) is 0 Å². The van der Waals surface area contributed by atoms with Crippen molar-refractivity contribution < 1.29 is 0 Å². The molecule has 1 aliphatic carbocycles. The molecule has 2 nitrogen and oxygen atoms in total. The predicted octanol–water partition coefficient (Wildman–Crippen LogP) is 3.49. The predicted molar refractivity (Wildman–Crippen MR) is 88.1 cm³/mol. The van der Waals surface area contributed by atoms with Crippen LogP contribution in [0.5, 0.6) is 0 Å². The molecule has 2 aromatic carbocycles. The fourth-order valence-corrected chi connectivity index (χ4v) is 3.50. The molecule has 0 spiro atoms. The molecule has 2 atom stereocenters. The number of aryl methyl sites for hydroxylation is 2. The molecule has 0 heterocycles. The molecule has 2 unspecified atom stereocenters. The van der Waals surface area contributed by atoms with Gasteiger partial charge in [0.25, 0.3) is 0 Å². The smallest absolute Gasteiger partial charge is 0.0319 e. The van der Waals surface area contributed by atoms with Gasteiger partial charge < -0.3 is 0 Å². The topological polar surface area (TPSA) is 38.0 Å². The first kappa shape index (κ1) is 14.3. The highest BCUT2D eigenvalue weighted by Gasteiger charge is 2.27. The summed E-state index contributed by atoms with van der Waals surface area (Å²) >= 11 is 0. The van der Waals surface area contributed by atoms with E-state index in [1.54, 1.807) is 0 Å². The number of hydrogen-bond acceptors (Lipinski definition) is 2. The second-order valence-corrected chi connectivity index (χ2v) is 6.16. The Kier molecular flexibility index (Phi) is 4.37. The van der Waals surface area contributed by atoms with Crippen LogP contribution in [0.15, 0.2) is 48.5 Å². The van der Waals surface area contributed by atoms with Crippen LogP contribution >= 0.6 is 0 Å². The van der Waals surface area contributed by atoms with Crippen LogP contribution in [0.1, 0.15) is 41.0 Å². The summed E-state index contributed by atoms with van der Waals surface area (Å²) in [6.45, 7) is 2.12. The zero-order valence-electron chi connectivity index (χ0n) is 12.7. The maximum absolute atomic E-state index is 5.89. The summed E-state index contributed by atoms with van der Waals surface area (Å²) in [5.74, 6) is 6.40. The summed E-state index contributed by atoms with van der Waals surface area (Å²) < 4.78 is 0. The van der Waals surface area contributed by atoms with Gasteiger partial charge in [-0.05, 0) is 49.3 Å². The first-order chi connectivity index (χ1) is 10.3. The van der Waals surface area contributed by atoms with E-state index in [-0.39, 0.29) is 0 Å². The van der Waals surface area contributed by atoms with Crippen molar-refractivity contribution in [2.45, 2.75) is 44.6 Å². The molecule has 0 bridgehead atoms. The Balaban J connectivity index is 1.82. The fraction of sp³-hybridized carbons (Fsp3) is 0.368. The Morgan fingerprint density at radius 1 is 1.14 bits per heavy atom. The van der Waals surface area contributed by atoms with Crippen molar-refractivity contribution in [1.29, 1.82) is 0 Å². The standard InChI is InChI=1S/C19H24N2/c1-14-9-11-15(12-10-14)13-19(21-20)18-8-4-6-16-5-2-3-7-17(16)18/h2-3,5,7,9-12,18-19,21H,4,6,8,13,20H2,1H3. The molecule has 0 saturated heterocycles. The summed E-state index contributed by atoms with van der Waals surface area (Å²) in [6, 6.07) is 17.9. The van der Waals surface area contributed by atoms with Crippen molar-refractivity contribution >= 4 is 0 Å². The molecule has 0 radical (unpaired) electrons. The molecule has 21 heavy (non-hydrogen) atoms. The first-order valence-corrected chi connectivity index (χ1v) is 7.87. The number of benzene rings is 2. The molecule has 0 fully saturated rings. The minimum atomic E-state index is 0.300. The Bertz CT molecular complexity index is 589. The lowest BCUT2D eigenvalue weighted by Crippen LogP contribution is -2.42. The lowest BCUT2D eigenvalue weighted by molar-refractivity contribution is 0.395. The molecule has 2 aromatic rings. The summed E-state index contributed by atoms with van der Waals surface area (Å²) in [5, 5.41) is 0. The Morgan fingerprint density at radius 2 is 1.90 bits per heavy atom. The van der Waals surface area contributed by atoms with Gasteiger partial charge in [0.1, 0.15) is 0 Å². The molecular weight excluding hydrogens is 256 g/mol. The zero-order chi connectivity index (χ0) is 14.7. The van der Waals surface area contributed by atoms with Crippen molar-refractivity contribution in [2.75, 3.05) is 0 Å². The molecule has 2 heteroatoms. The third kappa shape index (κ3) is 3.17. The average Bonchev–Trinajstić information content (AvgIpc) is 2.54. The van der Waals surface area contributed by atoms with Gasteiger partial charge in [-0.25, -0.2) is 0 Å². The van der Waals surface area contributed by atoms with Crippen LogP contribution in [0.4, 0.5) is 0 Å². The number of nitrogens with two attached hydrogens (primary N) is 1. The van der Waals surface area contributed by atoms with Gasteiger partial charge in [0.2, 0.25) is 0 Å². The van der Waals surface area contributed by atoms with Crippen LogP contribution in [0.3, 0.4) is 0 Å². The van der Waals surface area contributed by atoms with Gasteiger partial charge in [-0.15, -0.1) is 0 Å². The second-order valence-electron chi connectivity index (χ2n) is 6.16. The highest BCUT2D eigenvalue weighted by atomic mass is 15.2. The lowest BCUT2D eigenvalue weighted by atomic mass is 9.77. The van der Waals surface area contributed by atoms with Crippen LogP contribution in [-0.2, 0) is 12.8 Å². The van der Waals surface area contributed by atoms with E-state index in [0.717, 1.165) is 6.42 Å². The molecule has 1 aliphatic rings. The van der Waals surface area contributed by atoms with E-state index in [4.69, 9.17) is 5.84 Å².